The minimum absolute atomic E-state index is 0.00771. The predicted octanol–water partition coefficient (Wildman–Crippen LogP) is 11.8. The number of rotatable bonds is 48. The fraction of sp³-hybridized carbons (Fsp3) is 0.868. The Morgan fingerprint density at radius 2 is 0.785 bits per heavy atom. The zero-order valence-corrected chi connectivity index (χ0v) is 42.6. The van der Waals surface area contributed by atoms with E-state index in [1.54, 1.807) is 0 Å². The van der Waals surface area contributed by atoms with E-state index in [2.05, 4.69) is 46.5 Å². The average Bonchev–Trinajstić information content (AvgIpc) is 3.30. The normalized spacial score (nSPS) is 11.3. The van der Waals surface area contributed by atoms with E-state index in [0.29, 0.717) is 64.0 Å². The van der Waals surface area contributed by atoms with E-state index >= 15 is 0 Å². The van der Waals surface area contributed by atoms with Gasteiger partial charge in [0.05, 0.1) is 51.8 Å². The van der Waals surface area contributed by atoms with Crippen LogP contribution in [0.2, 0.25) is 0 Å². The van der Waals surface area contributed by atoms with E-state index in [0.717, 1.165) is 57.8 Å². The summed E-state index contributed by atoms with van der Waals surface area (Å²) in [6.45, 7) is 17.7. The van der Waals surface area contributed by atoms with Crippen molar-refractivity contribution in [2.24, 2.45) is 11.8 Å². The lowest BCUT2D eigenvalue weighted by atomic mass is 10.1. The van der Waals surface area contributed by atoms with Crippen molar-refractivity contribution in [3.63, 3.8) is 0 Å². The topological polar surface area (TPSA) is 157 Å². The van der Waals surface area contributed by atoms with E-state index < -0.39 is 11.9 Å². The van der Waals surface area contributed by atoms with E-state index in [1.807, 2.05) is 0 Å². The van der Waals surface area contributed by atoms with Crippen LogP contribution in [0.25, 0.3) is 0 Å². The zero-order valence-electron chi connectivity index (χ0n) is 42.6. The predicted molar refractivity (Wildman–Crippen MR) is 261 cm³/mol. The van der Waals surface area contributed by atoms with Crippen LogP contribution >= 0.6 is 0 Å². The average molecular weight is 927 g/mol. The van der Waals surface area contributed by atoms with Gasteiger partial charge in [-0.1, -0.05) is 182 Å². The molecule has 0 aliphatic heterocycles. The molecule has 12 nitrogen and oxygen atoms in total. The fourth-order valence-corrected chi connectivity index (χ4v) is 7.06. The molecule has 0 aromatic carbocycles. The molecule has 1 unspecified atom stereocenters. The van der Waals surface area contributed by atoms with Crippen molar-refractivity contribution < 1.29 is 57.7 Å². The van der Waals surface area contributed by atoms with Gasteiger partial charge in [-0.2, -0.15) is 0 Å². The van der Waals surface area contributed by atoms with Crippen molar-refractivity contribution in [3.8, 4) is 0 Å². The highest BCUT2D eigenvalue weighted by Crippen LogP contribution is 2.16. The molecule has 0 saturated heterocycles. The van der Waals surface area contributed by atoms with Gasteiger partial charge in [0.2, 0.25) is 0 Å². The van der Waals surface area contributed by atoms with Crippen molar-refractivity contribution in [2.75, 3.05) is 52.7 Å². The van der Waals surface area contributed by atoms with E-state index in [4.69, 9.17) is 28.4 Å². The van der Waals surface area contributed by atoms with Crippen LogP contribution in [0.4, 0.5) is 0 Å². The molecule has 382 valence electrons. The maximum atomic E-state index is 12.4. The molecule has 0 spiro atoms. The first-order valence-corrected chi connectivity index (χ1v) is 26.5. The molecule has 0 saturated carbocycles. The number of unbranched alkanes of at least 4 members (excludes halogenated alkanes) is 21. The maximum absolute atomic E-state index is 12.4. The number of esters is 4. The molecule has 0 heterocycles. The Kier molecular flexibility index (Phi) is 51.0. The fourth-order valence-electron chi connectivity index (χ4n) is 7.06. The first kappa shape index (κ1) is 63.9. The quantitative estimate of drug-likeness (QED) is 0.0204. The summed E-state index contributed by atoms with van der Waals surface area (Å²) in [6.07, 6.45) is 31.6. The van der Waals surface area contributed by atoms with E-state index in [-0.39, 0.29) is 63.3 Å². The summed E-state index contributed by atoms with van der Waals surface area (Å²) < 4.78 is 32.5. The molecule has 0 aromatic heterocycles. The number of hydrogen-bond donors (Lipinski definition) is 1. The molecular formula is C53H100NO11+. The van der Waals surface area contributed by atoms with Crippen molar-refractivity contribution in [3.05, 3.63) is 12.3 Å². The monoisotopic (exact) mass is 927 g/mol. The van der Waals surface area contributed by atoms with Gasteiger partial charge in [-0.25, -0.2) is 0 Å². The number of quaternary nitrogens is 1. The molecule has 2 N–H and O–H groups in total. The van der Waals surface area contributed by atoms with Gasteiger partial charge in [-0.05, 0) is 19.3 Å². The van der Waals surface area contributed by atoms with E-state index in [9.17, 15) is 24.0 Å². The van der Waals surface area contributed by atoms with Gasteiger partial charge in [0.1, 0.15) is 13.2 Å². The third kappa shape index (κ3) is 50.1. The Labute approximate surface area is 397 Å². The molecule has 0 fully saturated rings. The standard InChI is InChI=1S/C44H79NO11.C9H20/c1-5-8-11-14-17-20-24-41(47)54-34-39(35-55-42(48)25-21-18-15-12-9-6-2)31-38(4)52-30-28-45-27-23-29-53-44(50)32-40(33-51-37-46)36-56-43(49)26-22-19-16-13-10-7-3;1-3-5-7-9-8-6-4-2/h37,39-40,45H,4-36H2,1-3H3;3-9H2,1-2H3/p+1. The molecule has 0 bridgehead atoms. The second-order valence-corrected chi connectivity index (χ2v) is 17.8. The molecule has 0 aliphatic rings. The Bertz CT molecular complexity index is 1080. The van der Waals surface area contributed by atoms with Gasteiger partial charge in [-0.15, -0.1) is 0 Å². The highest BCUT2D eigenvalue weighted by Gasteiger charge is 2.19. The Hall–Kier alpha value is -3.15. The van der Waals surface area contributed by atoms with Gasteiger partial charge < -0.3 is 33.7 Å². The van der Waals surface area contributed by atoms with Crippen molar-refractivity contribution in [1.82, 2.24) is 0 Å². The lowest BCUT2D eigenvalue weighted by molar-refractivity contribution is -0.656. The maximum Gasteiger partial charge on any atom is 0.306 e. The van der Waals surface area contributed by atoms with Gasteiger partial charge in [0.25, 0.3) is 6.47 Å². The van der Waals surface area contributed by atoms with Gasteiger partial charge >= 0.3 is 23.9 Å². The smallest absolute Gasteiger partial charge is 0.306 e. The highest BCUT2D eigenvalue weighted by atomic mass is 16.6. The van der Waals surface area contributed by atoms with Crippen LogP contribution in [0.1, 0.15) is 234 Å². The zero-order chi connectivity index (χ0) is 48.3. The number of carbonyl (C=O) groups excluding carboxylic acids is 5. The van der Waals surface area contributed by atoms with Crippen LogP contribution in [-0.2, 0) is 52.4 Å². The molecule has 1 atom stereocenters. The molecule has 0 radical (unpaired) electrons. The molecule has 0 amide bonds. The summed E-state index contributed by atoms with van der Waals surface area (Å²) >= 11 is 0. The first-order valence-electron chi connectivity index (χ1n) is 26.5. The number of ether oxygens (including phenoxy) is 6. The number of carbonyl (C=O) groups is 5. The SMILES string of the molecule is C=C(CC(COC(=O)CCCCCCCC)COC(=O)CCCCCCCC)OCC[NH2+]CCCOC(=O)CC(COC=O)COC(=O)CCCCCCCC.CCCCCCCCC. The third-order valence-corrected chi connectivity index (χ3v) is 11.2. The molecule has 0 rings (SSSR count). The third-order valence-electron chi connectivity index (χ3n) is 11.2. The Morgan fingerprint density at radius 3 is 1.17 bits per heavy atom. The van der Waals surface area contributed by atoms with Crippen LogP contribution in [0, 0.1) is 11.8 Å². The summed E-state index contributed by atoms with van der Waals surface area (Å²) in [6, 6.07) is 0. The van der Waals surface area contributed by atoms with Crippen molar-refractivity contribution >= 4 is 30.3 Å². The first-order chi connectivity index (χ1) is 31.7. The van der Waals surface area contributed by atoms with Crippen LogP contribution in [0.15, 0.2) is 12.3 Å². The molecule has 0 aromatic rings. The number of hydrogen-bond acceptors (Lipinski definition) is 11. The van der Waals surface area contributed by atoms with Crippen molar-refractivity contribution in [1.29, 1.82) is 0 Å². The summed E-state index contributed by atoms with van der Waals surface area (Å²) in [5.41, 5.74) is 0. The van der Waals surface area contributed by atoms with Crippen LogP contribution in [0.3, 0.4) is 0 Å². The van der Waals surface area contributed by atoms with Gasteiger partial charge in [0, 0.05) is 43.9 Å². The minimum atomic E-state index is -0.466. The number of nitrogens with two attached hydrogens (primary N) is 1. The van der Waals surface area contributed by atoms with E-state index in [1.165, 1.54) is 103 Å². The lowest BCUT2D eigenvalue weighted by Gasteiger charge is -2.19. The molecular weight excluding hydrogens is 827 g/mol. The summed E-state index contributed by atoms with van der Waals surface area (Å²) in [7, 11) is 0. The van der Waals surface area contributed by atoms with Crippen LogP contribution in [-0.4, -0.2) is 83.1 Å². The van der Waals surface area contributed by atoms with Crippen LogP contribution in [0.5, 0.6) is 0 Å². The minimum Gasteiger partial charge on any atom is -0.493 e. The van der Waals surface area contributed by atoms with Gasteiger partial charge in [-0.3, -0.25) is 24.0 Å². The second-order valence-electron chi connectivity index (χ2n) is 17.8. The Balaban J connectivity index is 0. The largest absolute Gasteiger partial charge is 0.493 e. The molecule has 12 heteroatoms. The highest BCUT2D eigenvalue weighted by molar-refractivity contribution is 5.71. The summed E-state index contributed by atoms with van der Waals surface area (Å²) in [4.78, 5) is 60.0. The van der Waals surface area contributed by atoms with Crippen molar-refractivity contribution in [2.45, 2.75) is 234 Å². The lowest BCUT2D eigenvalue weighted by Crippen LogP contribution is -2.85. The summed E-state index contributed by atoms with van der Waals surface area (Å²) in [5, 5.41) is 2.05. The van der Waals surface area contributed by atoms with Gasteiger partial charge in [0.15, 0.2) is 0 Å². The molecule has 0 aliphatic carbocycles. The Morgan fingerprint density at radius 1 is 0.415 bits per heavy atom. The second kappa shape index (κ2) is 51.8. The number of allylic oxidation sites excluding steroid dienone is 1. The summed E-state index contributed by atoms with van der Waals surface area (Å²) in [5.74, 6) is -1.39. The molecule has 65 heavy (non-hydrogen) atoms. The van der Waals surface area contributed by atoms with Crippen LogP contribution < -0.4 is 5.32 Å².